The molecule has 3 heteroatoms. The van der Waals surface area contributed by atoms with E-state index in [2.05, 4.69) is 53.3 Å². The summed E-state index contributed by atoms with van der Waals surface area (Å²) in [6.07, 6.45) is 12.6. The molecule has 3 aliphatic rings. The molecule has 1 N–H and O–H groups in total. The first kappa shape index (κ1) is 16.3. The quantitative estimate of drug-likeness (QED) is 0.663. The topological polar surface area (TPSA) is 24.9 Å². The van der Waals surface area contributed by atoms with Crippen molar-refractivity contribution in [3.8, 4) is 0 Å². The van der Waals surface area contributed by atoms with E-state index in [1.807, 2.05) is 6.20 Å². The lowest BCUT2D eigenvalue weighted by Gasteiger charge is -2.38. The van der Waals surface area contributed by atoms with Gasteiger partial charge in [0.1, 0.15) is 0 Å². The third-order valence-electron chi connectivity index (χ3n) is 5.85. The van der Waals surface area contributed by atoms with Gasteiger partial charge in [0, 0.05) is 22.6 Å². The summed E-state index contributed by atoms with van der Waals surface area (Å²) in [6, 6.07) is 2.28. The number of halogens is 1. The smallest absolute Gasteiger partial charge is 0.0703 e. The highest BCUT2D eigenvalue weighted by molar-refractivity contribution is 9.10. The first-order valence-electron chi connectivity index (χ1n) is 9.04. The van der Waals surface area contributed by atoms with Gasteiger partial charge in [-0.2, -0.15) is 0 Å². The Morgan fingerprint density at radius 3 is 2.92 bits per heavy atom. The molecule has 1 saturated heterocycles. The Bertz CT molecular complexity index is 764. The average molecular weight is 385 g/mol. The number of hydrogen-bond donors (Lipinski definition) is 1. The van der Waals surface area contributed by atoms with Crippen LogP contribution in [0.15, 0.2) is 45.6 Å². The molecule has 1 unspecified atom stereocenters. The molecule has 2 heterocycles. The van der Waals surface area contributed by atoms with E-state index < -0.39 is 0 Å². The fraction of sp³-hybridized carbons (Fsp3) is 0.476. The summed E-state index contributed by atoms with van der Waals surface area (Å²) < 4.78 is 1.09. The number of nitrogens with zero attached hydrogens (tertiary/aromatic N) is 1. The second-order valence-corrected chi connectivity index (χ2v) is 8.49. The predicted octanol–water partition coefficient (Wildman–Crippen LogP) is 5.21. The van der Waals surface area contributed by atoms with E-state index in [1.165, 1.54) is 35.2 Å². The van der Waals surface area contributed by atoms with Crippen molar-refractivity contribution in [3.63, 3.8) is 0 Å². The number of rotatable bonds is 0. The molecule has 1 atom stereocenters. The maximum atomic E-state index is 4.91. The minimum absolute atomic E-state index is 0.0972. The Morgan fingerprint density at radius 2 is 2.12 bits per heavy atom. The molecule has 1 fully saturated rings. The van der Waals surface area contributed by atoms with Crippen molar-refractivity contribution in [1.82, 2.24) is 10.3 Å². The Morgan fingerprint density at radius 1 is 1.25 bits per heavy atom. The molecule has 0 radical (unpaired) electrons. The van der Waals surface area contributed by atoms with Crippen LogP contribution in [0.2, 0.25) is 0 Å². The van der Waals surface area contributed by atoms with Gasteiger partial charge in [0.25, 0.3) is 0 Å². The van der Waals surface area contributed by atoms with Crippen molar-refractivity contribution in [1.29, 1.82) is 0 Å². The summed E-state index contributed by atoms with van der Waals surface area (Å²) in [4.78, 5) is 4.91. The van der Waals surface area contributed by atoms with Crippen LogP contribution < -0.4 is 5.32 Å². The first-order chi connectivity index (χ1) is 11.6. The zero-order chi connectivity index (χ0) is 16.7. The summed E-state index contributed by atoms with van der Waals surface area (Å²) in [7, 11) is 0. The number of fused-ring (bicyclic) bond motifs is 2. The molecule has 4 rings (SSSR count). The van der Waals surface area contributed by atoms with E-state index in [9.17, 15) is 0 Å². The molecule has 1 aliphatic heterocycles. The predicted molar refractivity (Wildman–Crippen MR) is 104 cm³/mol. The van der Waals surface area contributed by atoms with E-state index >= 15 is 0 Å². The van der Waals surface area contributed by atoms with Gasteiger partial charge < -0.3 is 5.32 Å². The maximum absolute atomic E-state index is 4.91. The molecule has 24 heavy (non-hydrogen) atoms. The van der Waals surface area contributed by atoms with E-state index in [4.69, 9.17) is 4.98 Å². The van der Waals surface area contributed by atoms with Gasteiger partial charge in [0.05, 0.1) is 5.69 Å². The Labute approximate surface area is 153 Å². The number of aromatic nitrogens is 1. The molecule has 1 aromatic rings. The van der Waals surface area contributed by atoms with Crippen LogP contribution in [0.1, 0.15) is 50.8 Å². The highest BCUT2D eigenvalue weighted by Crippen LogP contribution is 2.52. The van der Waals surface area contributed by atoms with E-state index in [0.717, 1.165) is 36.8 Å². The van der Waals surface area contributed by atoms with Crippen LogP contribution in [0.5, 0.6) is 0 Å². The molecule has 0 saturated carbocycles. The Hall–Kier alpha value is -1.19. The average Bonchev–Trinajstić information content (AvgIpc) is 2.70. The van der Waals surface area contributed by atoms with Crippen LogP contribution in [-0.4, -0.2) is 18.1 Å². The van der Waals surface area contributed by atoms with E-state index in [1.54, 1.807) is 11.1 Å². The molecule has 0 spiro atoms. The van der Waals surface area contributed by atoms with Crippen LogP contribution in [0.25, 0.3) is 5.57 Å². The fourth-order valence-corrected chi connectivity index (χ4v) is 4.93. The maximum Gasteiger partial charge on any atom is 0.0703 e. The largest absolute Gasteiger partial charge is 0.313 e. The van der Waals surface area contributed by atoms with E-state index in [-0.39, 0.29) is 5.41 Å². The minimum atomic E-state index is 0.0972. The minimum Gasteiger partial charge on any atom is -0.313 e. The Kier molecular flexibility index (Phi) is 4.26. The monoisotopic (exact) mass is 384 g/mol. The number of nitrogens with one attached hydrogen (secondary N) is 1. The summed E-state index contributed by atoms with van der Waals surface area (Å²) in [5.41, 5.74) is 8.81. The SMILES string of the molecule is CC1=CCC2(C)C(=C1)CCc1cc(Br)cnc1/C2=C1/CCCNC1. The van der Waals surface area contributed by atoms with Crippen molar-refractivity contribution >= 4 is 21.5 Å². The van der Waals surface area contributed by atoms with Gasteiger partial charge in [-0.15, -0.1) is 0 Å². The Balaban J connectivity index is 1.95. The number of piperidine rings is 1. The normalized spacial score (nSPS) is 30.0. The zero-order valence-electron chi connectivity index (χ0n) is 14.6. The number of aryl methyl sites for hydroxylation is 1. The molecular formula is C21H25BrN2. The molecule has 0 amide bonds. The lowest BCUT2D eigenvalue weighted by atomic mass is 9.67. The van der Waals surface area contributed by atoms with Gasteiger partial charge in [-0.25, -0.2) is 0 Å². The standard InChI is InChI=1S/C21H25BrN2/c1-14-7-8-21(2)17(10-14)6-5-15-11-18(22)13-24-20(15)19(21)16-4-3-9-23-12-16/h7,10-11,13,23H,3-6,8-9,12H2,1-2H3/b19-16+. The van der Waals surface area contributed by atoms with Crippen molar-refractivity contribution in [2.75, 3.05) is 13.1 Å². The molecule has 126 valence electrons. The number of pyridine rings is 1. The summed E-state index contributed by atoms with van der Waals surface area (Å²) >= 11 is 3.62. The second-order valence-electron chi connectivity index (χ2n) is 7.57. The summed E-state index contributed by atoms with van der Waals surface area (Å²) in [6.45, 7) is 6.82. The lowest BCUT2D eigenvalue weighted by Crippen LogP contribution is -2.30. The van der Waals surface area contributed by atoms with Crippen LogP contribution >= 0.6 is 15.9 Å². The zero-order valence-corrected chi connectivity index (χ0v) is 16.2. The van der Waals surface area contributed by atoms with Crippen LogP contribution in [0.4, 0.5) is 0 Å². The molecule has 0 bridgehead atoms. The van der Waals surface area contributed by atoms with Crippen molar-refractivity contribution in [2.24, 2.45) is 5.41 Å². The molecular weight excluding hydrogens is 360 g/mol. The van der Waals surface area contributed by atoms with Gasteiger partial charge in [-0.05, 0) is 78.7 Å². The number of allylic oxidation sites excluding steroid dienone is 5. The van der Waals surface area contributed by atoms with Crippen molar-refractivity contribution in [3.05, 3.63) is 56.9 Å². The third-order valence-corrected chi connectivity index (χ3v) is 6.29. The van der Waals surface area contributed by atoms with Gasteiger partial charge in [-0.3, -0.25) is 4.98 Å². The van der Waals surface area contributed by atoms with Crippen LogP contribution in [0.3, 0.4) is 0 Å². The lowest BCUT2D eigenvalue weighted by molar-refractivity contribution is 0.504. The first-order valence-corrected chi connectivity index (χ1v) is 9.83. The highest BCUT2D eigenvalue weighted by atomic mass is 79.9. The van der Waals surface area contributed by atoms with Gasteiger partial charge >= 0.3 is 0 Å². The third kappa shape index (κ3) is 2.72. The molecule has 1 aromatic heterocycles. The summed E-state index contributed by atoms with van der Waals surface area (Å²) in [5, 5.41) is 3.59. The molecule has 0 aromatic carbocycles. The molecule has 2 nitrogen and oxygen atoms in total. The van der Waals surface area contributed by atoms with E-state index in [0.29, 0.717) is 0 Å². The highest BCUT2D eigenvalue weighted by Gasteiger charge is 2.40. The molecule has 2 aliphatic carbocycles. The second kappa shape index (κ2) is 6.27. The van der Waals surface area contributed by atoms with Crippen LogP contribution in [0, 0.1) is 5.41 Å². The van der Waals surface area contributed by atoms with Gasteiger partial charge in [0.2, 0.25) is 0 Å². The summed E-state index contributed by atoms with van der Waals surface area (Å²) in [5.74, 6) is 0. The van der Waals surface area contributed by atoms with Crippen LogP contribution in [-0.2, 0) is 6.42 Å². The van der Waals surface area contributed by atoms with Crippen molar-refractivity contribution in [2.45, 2.75) is 46.0 Å². The fourth-order valence-electron chi connectivity index (χ4n) is 4.55. The number of hydrogen-bond acceptors (Lipinski definition) is 2. The van der Waals surface area contributed by atoms with Crippen molar-refractivity contribution < 1.29 is 0 Å². The van der Waals surface area contributed by atoms with Gasteiger partial charge in [-0.1, -0.05) is 35.8 Å². The van der Waals surface area contributed by atoms with Gasteiger partial charge in [0.15, 0.2) is 0 Å².